The summed E-state index contributed by atoms with van der Waals surface area (Å²) in [6.45, 7) is 0. The maximum absolute atomic E-state index is 4.61. The molecule has 7 aromatic carbocycles. The lowest BCUT2D eigenvalue weighted by Crippen LogP contribution is -1.92. The number of benzene rings is 7. The molecule has 0 amide bonds. The molecule has 1 aromatic heterocycles. The second kappa shape index (κ2) is 9.18. The van der Waals surface area contributed by atoms with Gasteiger partial charge in [-0.1, -0.05) is 121 Å². The summed E-state index contributed by atoms with van der Waals surface area (Å²) in [6.07, 6.45) is 1.86. The Morgan fingerprint density at radius 3 is 1.68 bits per heavy atom. The van der Waals surface area contributed by atoms with Crippen LogP contribution in [0.5, 0.6) is 0 Å². The fraction of sp³-hybridized carbons (Fsp3) is 0. The average molecular weight is 508 g/mol. The van der Waals surface area contributed by atoms with E-state index in [1.54, 1.807) is 0 Å². The van der Waals surface area contributed by atoms with Gasteiger partial charge in [0, 0.05) is 11.8 Å². The van der Waals surface area contributed by atoms with Crippen LogP contribution < -0.4 is 0 Å². The summed E-state index contributed by atoms with van der Waals surface area (Å²) in [5.41, 5.74) is 9.48. The Morgan fingerprint density at radius 1 is 0.350 bits per heavy atom. The van der Waals surface area contributed by atoms with E-state index in [9.17, 15) is 0 Å². The number of aromatic nitrogens is 1. The maximum atomic E-state index is 4.61. The fourth-order valence-electron chi connectivity index (χ4n) is 6.16. The van der Waals surface area contributed by atoms with E-state index >= 15 is 0 Å². The van der Waals surface area contributed by atoms with Crippen molar-refractivity contribution in [3.05, 3.63) is 152 Å². The Labute approximate surface area is 233 Å². The zero-order valence-electron chi connectivity index (χ0n) is 21.9. The molecule has 0 radical (unpaired) electrons. The van der Waals surface area contributed by atoms with Gasteiger partial charge < -0.3 is 0 Å². The van der Waals surface area contributed by atoms with Gasteiger partial charge in [-0.25, -0.2) is 0 Å². The standard InChI is InChI=1S/C39H25N/c1-2-8-26(9-3-1)27-15-17-28(18-16-27)35-25-36(31-12-7-13-32(24-31)37-14-4-5-23-40-37)34-22-20-30-11-6-10-29-19-21-33(35)39(34)38(29)30/h1-25H. The molecule has 8 rings (SSSR count). The van der Waals surface area contributed by atoms with Gasteiger partial charge in [-0.2, -0.15) is 0 Å². The van der Waals surface area contributed by atoms with Crippen molar-refractivity contribution in [3.63, 3.8) is 0 Å². The van der Waals surface area contributed by atoms with Crippen molar-refractivity contribution in [2.45, 2.75) is 0 Å². The van der Waals surface area contributed by atoms with E-state index in [4.69, 9.17) is 0 Å². The molecular formula is C39H25N. The van der Waals surface area contributed by atoms with Crippen molar-refractivity contribution >= 4 is 32.3 Å². The molecule has 0 unspecified atom stereocenters. The maximum Gasteiger partial charge on any atom is 0.0702 e. The third kappa shape index (κ3) is 3.67. The zero-order valence-corrected chi connectivity index (χ0v) is 21.9. The molecule has 0 N–H and O–H groups in total. The van der Waals surface area contributed by atoms with E-state index in [0.717, 1.165) is 11.3 Å². The highest BCUT2D eigenvalue weighted by molar-refractivity contribution is 6.28. The molecular weight excluding hydrogens is 482 g/mol. The van der Waals surface area contributed by atoms with Crippen LogP contribution in [0, 0.1) is 0 Å². The minimum absolute atomic E-state index is 0.985. The van der Waals surface area contributed by atoms with Gasteiger partial charge in [0.15, 0.2) is 0 Å². The Morgan fingerprint density at radius 2 is 0.950 bits per heavy atom. The van der Waals surface area contributed by atoms with E-state index < -0.39 is 0 Å². The van der Waals surface area contributed by atoms with Crippen LogP contribution in [-0.2, 0) is 0 Å². The highest BCUT2D eigenvalue weighted by Gasteiger charge is 2.17. The van der Waals surface area contributed by atoms with E-state index in [0.29, 0.717) is 0 Å². The van der Waals surface area contributed by atoms with Crippen molar-refractivity contribution in [3.8, 4) is 44.6 Å². The van der Waals surface area contributed by atoms with Crippen molar-refractivity contribution in [2.24, 2.45) is 0 Å². The lowest BCUT2D eigenvalue weighted by atomic mass is 9.85. The molecule has 1 heterocycles. The summed E-state index contributed by atoms with van der Waals surface area (Å²) >= 11 is 0. The largest absolute Gasteiger partial charge is 0.256 e. The van der Waals surface area contributed by atoms with E-state index in [1.165, 1.54) is 65.7 Å². The van der Waals surface area contributed by atoms with Crippen LogP contribution in [0.4, 0.5) is 0 Å². The minimum Gasteiger partial charge on any atom is -0.256 e. The zero-order chi connectivity index (χ0) is 26.5. The Kier molecular flexibility index (Phi) is 5.21. The highest BCUT2D eigenvalue weighted by Crippen LogP contribution is 2.44. The SMILES string of the molecule is c1ccc(-c2ccc(-c3cc(-c4cccc(-c5ccccn5)c4)c4ccc5cccc6ccc3c4c65)cc2)cc1. The number of nitrogens with zero attached hydrogens (tertiary/aromatic N) is 1. The summed E-state index contributed by atoms with van der Waals surface area (Å²) < 4.78 is 0. The third-order valence-corrected chi connectivity index (χ3v) is 8.08. The lowest BCUT2D eigenvalue weighted by molar-refractivity contribution is 1.33. The number of hydrogen-bond donors (Lipinski definition) is 0. The summed E-state index contributed by atoms with van der Waals surface area (Å²) in [6, 6.07) is 52.6. The fourth-order valence-corrected chi connectivity index (χ4v) is 6.16. The van der Waals surface area contributed by atoms with Crippen LogP contribution in [0.2, 0.25) is 0 Å². The van der Waals surface area contributed by atoms with Crippen LogP contribution >= 0.6 is 0 Å². The van der Waals surface area contributed by atoms with Gasteiger partial charge in [-0.15, -0.1) is 0 Å². The molecule has 1 nitrogen and oxygen atoms in total. The van der Waals surface area contributed by atoms with Crippen LogP contribution in [0.15, 0.2) is 152 Å². The minimum atomic E-state index is 0.985. The molecule has 8 aromatic rings. The van der Waals surface area contributed by atoms with Gasteiger partial charge in [0.25, 0.3) is 0 Å². The normalized spacial score (nSPS) is 11.5. The topological polar surface area (TPSA) is 12.9 Å². The lowest BCUT2D eigenvalue weighted by Gasteiger charge is -2.18. The second-order valence-corrected chi connectivity index (χ2v) is 10.4. The van der Waals surface area contributed by atoms with Gasteiger partial charge >= 0.3 is 0 Å². The first-order chi connectivity index (χ1) is 19.8. The molecule has 0 atom stereocenters. The molecule has 0 spiro atoms. The summed E-state index contributed by atoms with van der Waals surface area (Å²) in [4.78, 5) is 4.61. The summed E-state index contributed by atoms with van der Waals surface area (Å²) in [7, 11) is 0. The predicted octanol–water partition coefficient (Wildman–Crippen LogP) is 10.6. The molecule has 0 saturated carbocycles. The van der Waals surface area contributed by atoms with Gasteiger partial charge in [0.2, 0.25) is 0 Å². The van der Waals surface area contributed by atoms with E-state index in [2.05, 4.69) is 138 Å². The Hall–Kier alpha value is -5.27. The first-order valence-electron chi connectivity index (χ1n) is 13.7. The molecule has 1 heteroatoms. The Bertz CT molecular complexity index is 2110. The first-order valence-corrected chi connectivity index (χ1v) is 13.7. The number of hydrogen-bond acceptors (Lipinski definition) is 1. The first kappa shape index (κ1) is 22.7. The van der Waals surface area contributed by atoms with Gasteiger partial charge in [-0.05, 0) is 90.0 Å². The number of rotatable bonds is 4. The average Bonchev–Trinajstić information content (AvgIpc) is 3.04. The molecule has 0 bridgehead atoms. The van der Waals surface area contributed by atoms with Crippen LogP contribution in [0.25, 0.3) is 77.0 Å². The molecule has 0 aliphatic rings. The summed E-state index contributed by atoms with van der Waals surface area (Å²) in [5, 5.41) is 7.79. The molecule has 40 heavy (non-hydrogen) atoms. The monoisotopic (exact) mass is 507 g/mol. The molecule has 0 aliphatic carbocycles. The van der Waals surface area contributed by atoms with E-state index in [1.807, 2.05) is 18.3 Å². The molecule has 0 fully saturated rings. The van der Waals surface area contributed by atoms with Gasteiger partial charge in [-0.3, -0.25) is 4.98 Å². The molecule has 0 saturated heterocycles. The van der Waals surface area contributed by atoms with Crippen LogP contribution in [0.3, 0.4) is 0 Å². The highest BCUT2D eigenvalue weighted by atomic mass is 14.7. The van der Waals surface area contributed by atoms with E-state index in [-0.39, 0.29) is 0 Å². The Balaban J connectivity index is 1.40. The summed E-state index contributed by atoms with van der Waals surface area (Å²) in [5.74, 6) is 0. The second-order valence-electron chi connectivity index (χ2n) is 10.4. The van der Waals surface area contributed by atoms with Crippen LogP contribution in [-0.4, -0.2) is 4.98 Å². The van der Waals surface area contributed by atoms with Crippen LogP contribution in [0.1, 0.15) is 0 Å². The third-order valence-electron chi connectivity index (χ3n) is 8.08. The van der Waals surface area contributed by atoms with Crippen molar-refractivity contribution < 1.29 is 0 Å². The van der Waals surface area contributed by atoms with Gasteiger partial charge in [0.1, 0.15) is 0 Å². The quantitative estimate of drug-likeness (QED) is 0.216. The molecule has 186 valence electrons. The van der Waals surface area contributed by atoms with Gasteiger partial charge in [0.05, 0.1) is 5.69 Å². The molecule has 0 aliphatic heterocycles. The predicted molar refractivity (Wildman–Crippen MR) is 170 cm³/mol. The van der Waals surface area contributed by atoms with Crippen molar-refractivity contribution in [1.29, 1.82) is 0 Å². The smallest absolute Gasteiger partial charge is 0.0702 e. The van der Waals surface area contributed by atoms with Crippen molar-refractivity contribution in [2.75, 3.05) is 0 Å². The van der Waals surface area contributed by atoms with Crippen molar-refractivity contribution in [1.82, 2.24) is 4.98 Å². The number of pyridine rings is 1.